The Bertz CT molecular complexity index is 1100. The molecule has 0 aromatic heterocycles. The Hall–Kier alpha value is -2.66. The molecule has 0 N–H and O–H groups in total. The van der Waals surface area contributed by atoms with Gasteiger partial charge in [-0.3, -0.25) is 19.3 Å². The molecule has 0 bridgehead atoms. The molecule has 31 heavy (non-hydrogen) atoms. The van der Waals surface area contributed by atoms with Gasteiger partial charge in [0.05, 0.1) is 11.4 Å². The van der Waals surface area contributed by atoms with Crippen LogP contribution in [0, 0.1) is 0 Å². The number of Topliss-reactive ketones (excluding diaryl/α,β-unsaturated/α-hetero) is 1. The van der Waals surface area contributed by atoms with Crippen LogP contribution in [0.5, 0.6) is 0 Å². The third-order valence-electron chi connectivity index (χ3n) is 6.45. The molecule has 4 nitrogen and oxygen atoms in total. The molecule has 5 heteroatoms. The van der Waals surface area contributed by atoms with Crippen LogP contribution < -0.4 is 0 Å². The molecular weight excluding hydrogens is 406 g/mol. The monoisotopic (exact) mass is 433 g/mol. The Morgan fingerprint density at radius 2 is 1.61 bits per heavy atom. The van der Waals surface area contributed by atoms with Gasteiger partial charge in [0.1, 0.15) is 0 Å². The number of hydrogen-bond donors (Lipinski definition) is 0. The number of amides is 2. The van der Waals surface area contributed by atoms with Gasteiger partial charge in [-0.25, -0.2) is 0 Å². The van der Waals surface area contributed by atoms with Crippen LogP contribution in [-0.4, -0.2) is 28.4 Å². The van der Waals surface area contributed by atoms with Crippen molar-refractivity contribution >= 4 is 34.8 Å². The van der Waals surface area contributed by atoms with E-state index < -0.39 is 11.1 Å². The van der Waals surface area contributed by atoms with E-state index in [4.69, 9.17) is 0 Å². The first-order valence-electron chi connectivity index (χ1n) is 10.6. The number of hydrogen-bond acceptors (Lipinski definition) is 4. The van der Waals surface area contributed by atoms with E-state index in [0.717, 1.165) is 35.1 Å². The van der Waals surface area contributed by atoms with E-state index in [9.17, 15) is 14.4 Å². The first-order valence-corrected chi connectivity index (χ1v) is 11.4. The predicted octanol–water partition coefficient (Wildman–Crippen LogP) is 5.95. The molecule has 0 radical (unpaired) electrons. The molecule has 0 unspecified atom stereocenters. The van der Waals surface area contributed by atoms with Crippen LogP contribution in [0.1, 0.15) is 67.6 Å². The first-order chi connectivity index (χ1) is 14.6. The highest BCUT2D eigenvalue weighted by molar-refractivity contribution is 8.18. The van der Waals surface area contributed by atoms with Gasteiger partial charge >= 0.3 is 0 Å². The quantitative estimate of drug-likeness (QED) is 0.441. The van der Waals surface area contributed by atoms with Gasteiger partial charge in [-0.1, -0.05) is 76.2 Å². The summed E-state index contributed by atoms with van der Waals surface area (Å²) in [4.78, 5) is 39.2. The minimum Gasteiger partial charge on any atom is -0.292 e. The summed E-state index contributed by atoms with van der Waals surface area (Å²) in [5.74, 6) is -0.654. The van der Waals surface area contributed by atoms with E-state index in [-0.39, 0.29) is 23.2 Å². The zero-order valence-electron chi connectivity index (χ0n) is 18.4. The Morgan fingerprint density at radius 3 is 2.29 bits per heavy atom. The average molecular weight is 434 g/mol. The summed E-state index contributed by atoms with van der Waals surface area (Å²) in [5.41, 5.74) is 4.24. The smallest absolute Gasteiger partial charge is 0.292 e. The molecule has 1 fully saturated rings. The normalized spacial score (nSPS) is 20.8. The minimum atomic E-state index is -0.406. The van der Waals surface area contributed by atoms with Crippen LogP contribution in [0.15, 0.2) is 53.4 Å². The van der Waals surface area contributed by atoms with Crippen LogP contribution in [0.3, 0.4) is 0 Å². The topological polar surface area (TPSA) is 54.5 Å². The van der Waals surface area contributed by atoms with E-state index in [1.165, 1.54) is 11.1 Å². The molecule has 2 aromatic carbocycles. The number of imide groups is 1. The number of carbonyl (C=O) groups is 3. The van der Waals surface area contributed by atoms with Crippen molar-refractivity contribution in [3.8, 4) is 0 Å². The molecule has 0 spiro atoms. The van der Waals surface area contributed by atoms with Gasteiger partial charge in [-0.05, 0) is 58.2 Å². The Morgan fingerprint density at radius 1 is 0.968 bits per heavy atom. The third-order valence-corrected chi connectivity index (χ3v) is 7.35. The molecule has 4 rings (SSSR count). The fraction of sp³-hybridized carbons (Fsp3) is 0.346. The van der Waals surface area contributed by atoms with Crippen molar-refractivity contribution in [1.82, 2.24) is 4.90 Å². The van der Waals surface area contributed by atoms with Crippen LogP contribution >= 0.6 is 11.8 Å². The lowest BCUT2D eigenvalue weighted by molar-refractivity contribution is -0.122. The van der Waals surface area contributed by atoms with Gasteiger partial charge < -0.3 is 0 Å². The zero-order valence-corrected chi connectivity index (χ0v) is 19.2. The van der Waals surface area contributed by atoms with Gasteiger partial charge in [0.15, 0.2) is 5.78 Å². The van der Waals surface area contributed by atoms with Crippen molar-refractivity contribution in [2.24, 2.45) is 0 Å². The fourth-order valence-electron chi connectivity index (χ4n) is 4.34. The van der Waals surface area contributed by atoms with Crippen molar-refractivity contribution in [2.45, 2.75) is 51.4 Å². The van der Waals surface area contributed by atoms with Crippen LogP contribution in [0.4, 0.5) is 4.79 Å². The maximum atomic E-state index is 12.9. The van der Waals surface area contributed by atoms with Gasteiger partial charge in [-0.2, -0.15) is 0 Å². The molecule has 0 saturated carbocycles. The first kappa shape index (κ1) is 21.6. The lowest BCUT2D eigenvalue weighted by Crippen LogP contribution is -2.34. The summed E-state index contributed by atoms with van der Waals surface area (Å²) in [7, 11) is 0. The Balaban J connectivity index is 1.59. The number of rotatable bonds is 4. The highest BCUT2D eigenvalue weighted by Crippen LogP contribution is 2.46. The molecule has 1 saturated heterocycles. The molecule has 2 aromatic rings. The number of nitrogens with zero attached hydrogens (tertiary/aromatic N) is 1. The zero-order chi connectivity index (χ0) is 22.4. The third kappa shape index (κ3) is 4.11. The summed E-state index contributed by atoms with van der Waals surface area (Å²) >= 11 is 0.897. The van der Waals surface area contributed by atoms with Crippen molar-refractivity contribution in [1.29, 1.82) is 0 Å². The molecule has 1 aliphatic carbocycles. The summed E-state index contributed by atoms with van der Waals surface area (Å²) < 4.78 is 0. The molecule has 160 valence electrons. The number of thioether (sulfide) groups is 1. The maximum Gasteiger partial charge on any atom is 0.293 e. The second kappa shape index (κ2) is 7.79. The number of fused-ring (bicyclic) bond motifs is 1. The van der Waals surface area contributed by atoms with E-state index in [1.807, 2.05) is 12.1 Å². The van der Waals surface area contributed by atoms with Crippen molar-refractivity contribution in [3.63, 3.8) is 0 Å². The van der Waals surface area contributed by atoms with Crippen molar-refractivity contribution in [2.75, 3.05) is 6.54 Å². The summed E-state index contributed by atoms with van der Waals surface area (Å²) in [6.45, 7) is 8.82. The molecule has 2 aliphatic rings. The van der Waals surface area contributed by atoms with Gasteiger partial charge in [0.2, 0.25) is 0 Å². The number of ketones is 1. The predicted molar refractivity (Wildman–Crippen MR) is 125 cm³/mol. The Labute approximate surface area is 187 Å². The highest BCUT2D eigenvalue weighted by Gasteiger charge is 2.38. The van der Waals surface area contributed by atoms with E-state index in [0.29, 0.717) is 10.5 Å². The SMILES string of the molecule is CC1(C)CCC(C)(C)c2cc(/C=C3\SC(=O)N(CC(=O)c4ccccc4)C3=O)ccc21. The van der Waals surface area contributed by atoms with Crippen molar-refractivity contribution < 1.29 is 14.4 Å². The summed E-state index contributed by atoms with van der Waals surface area (Å²) in [5, 5.41) is -0.403. The van der Waals surface area contributed by atoms with Crippen LogP contribution in [0.25, 0.3) is 6.08 Å². The highest BCUT2D eigenvalue weighted by atomic mass is 32.2. The largest absolute Gasteiger partial charge is 0.293 e. The molecule has 1 aliphatic heterocycles. The fourth-order valence-corrected chi connectivity index (χ4v) is 5.18. The molecular formula is C26H27NO3S. The molecule has 0 atom stereocenters. The molecule has 2 amide bonds. The number of carbonyl (C=O) groups excluding carboxylic acids is 3. The average Bonchev–Trinajstić information content (AvgIpc) is 2.99. The second-order valence-electron chi connectivity index (χ2n) is 9.63. The van der Waals surface area contributed by atoms with E-state index >= 15 is 0 Å². The minimum absolute atomic E-state index is 0.0656. The maximum absolute atomic E-state index is 12.9. The Kier molecular flexibility index (Phi) is 5.42. The van der Waals surface area contributed by atoms with Crippen molar-refractivity contribution in [3.05, 3.63) is 75.7 Å². The number of benzene rings is 2. The van der Waals surface area contributed by atoms with Crippen LogP contribution in [-0.2, 0) is 15.6 Å². The summed E-state index contributed by atoms with van der Waals surface area (Å²) in [6.07, 6.45) is 4.02. The van der Waals surface area contributed by atoms with Gasteiger partial charge in [-0.15, -0.1) is 0 Å². The standard InChI is InChI=1S/C26H27NO3S/c1-25(2)12-13-26(3,4)20-14-17(10-11-19(20)25)15-22-23(29)27(24(30)31-22)16-21(28)18-8-6-5-7-9-18/h5-11,14-15H,12-13,16H2,1-4H3/b22-15-. The lowest BCUT2D eigenvalue weighted by atomic mass is 9.63. The molecule has 1 heterocycles. The second-order valence-corrected chi connectivity index (χ2v) is 10.6. The van der Waals surface area contributed by atoms with E-state index in [1.54, 1.807) is 30.3 Å². The van der Waals surface area contributed by atoms with Crippen LogP contribution in [0.2, 0.25) is 0 Å². The van der Waals surface area contributed by atoms with E-state index in [2.05, 4.69) is 39.8 Å². The summed E-state index contributed by atoms with van der Waals surface area (Å²) in [6, 6.07) is 15.1. The van der Waals surface area contributed by atoms with Gasteiger partial charge in [0, 0.05) is 5.56 Å². The van der Waals surface area contributed by atoms with Gasteiger partial charge in [0.25, 0.3) is 11.1 Å². The lowest BCUT2D eigenvalue weighted by Gasteiger charge is -2.42.